The van der Waals surface area contributed by atoms with Crippen LogP contribution in [0.5, 0.6) is 0 Å². The zero-order valence-electron chi connectivity index (χ0n) is 11.3. The summed E-state index contributed by atoms with van der Waals surface area (Å²) in [5, 5.41) is 0. The van der Waals surface area contributed by atoms with Crippen LogP contribution in [0.15, 0.2) is 48.5 Å². The van der Waals surface area contributed by atoms with E-state index in [1.54, 1.807) is 12.1 Å². The Morgan fingerprint density at radius 3 is 2.50 bits per heavy atom. The van der Waals surface area contributed by atoms with Crippen molar-refractivity contribution >= 4 is 22.9 Å². The smallest absolute Gasteiger partial charge is 0.147 e. The topological polar surface area (TPSA) is 29.3 Å². The molecule has 20 heavy (non-hydrogen) atoms. The first kappa shape index (κ1) is 14.5. The Labute approximate surface area is 124 Å². The van der Waals surface area contributed by atoms with E-state index in [9.17, 15) is 4.39 Å². The third kappa shape index (κ3) is 3.54. The van der Waals surface area contributed by atoms with E-state index in [0.717, 1.165) is 13.0 Å². The van der Waals surface area contributed by atoms with Gasteiger partial charge in [0, 0.05) is 19.2 Å². The van der Waals surface area contributed by atoms with Gasteiger partial charge >= 0.3 is 0 Å². The number of rotatable bonds is 5. The van der Waals surface area contributed by atoms with Crippen molar-refractivity contribution in [1.82, 2.24) is 0 Å². The van der Waals surface area contributed by atoms with Gasteiger partial charge in [0.15, 0.2) is 0 Å². The molecular formula is C16H17FN2S. The maximum Gasteiger partial charge on any atom is 0.147 e. The van der Waals surface area contributed by atoms with Crippen molar-refractivity contribution < 1.29 is 4.39 Å². The Bertz CT molecular complexity index is 599. The normalized spacial score (nSPS) is 10.3. The molecule has 2 N–H and O–H groups in total. The molecule has 0 saturated carbocycles. The zero-order chi connectivity index (χ0) is 14.5. The number of anilines is 1. The van der Waals surface area contributed by atoms with Crippen LogP contribution in [0.3, 0.4) is 0 Å². The molecule has 0 aliphatic heterocycles. The fourth-order valence-corrected chi connectivity index (χ4v) is 2.16. The lowest BCUT2D eigenvalue weighted by Gasteiger charge is -2.20. The van der Waals surface area contributed by atoms with E-state index in [0.29, 0.717) is 11.3 Å². The predicted molar refractivity (Wildman–Crippen MR) is 85.7 cm³/mol. The maximum atomic E-state index is 14.0. The van der Waals surface area contributed by atoms with Crippen molar-refractivity contribution in [1.29, 1.82) is 0 Å². The minimum absolute atomic E-state index is 0.211. The van der Waals surface area contributed by atoms with Crippen molar-refractivity contribution in [2.24, 2.45) is 5.73 Å². The number of likely N-dealkylation sites (N-methyl/N-ethyl adjacent to an activating group) is 1. The number of benzene rings is 2. The van der Waals surface area contributed by atoms with E-state index < -0.39 is 0 Å². The highest BCUT2D eigenvalue weighted by Crippen LogP contribution is 2.19. The predicted octanol–water partition coefficient (Wildman–Crippen LogP) is 3.14. The first-order valence-electron chi connectivity index (χ1n) is 6.42. The van der Waals surface area contributed by atoms with Crippen molar-refractivity contribution in [3.8, 4) is 0 Å². The van der Waals surface area contributed by atoms with Crippen LogP contribution in [0.1, 0.15) is 11.1 Å². The number of hydrogen-bond donors (Lipinski definition) is 1. The largest absolute Gasteiger partial charge is 0.389 e. The molecular weight excluding hydrogens is 271 g/mol. The van der Waals surface area contributed by atoms with Crippen molar-refractivity contribution in [2.45, 2.75) is 6.42 Å². The molecule has 0 saturated heterocycles. The zero-order valence-corrected chi connectivity index (χ0v) is 12.2. The van der Waals surface area contributed by atoms with Gasteiger partial charge in [-0.25, -0.2) is 4.39 Å². The second kappa shape index (κ2) is 6.48. The van der Waals surface area contributed by atoms with Crippen LogP contribution in [-0.2, 0) is 6.42 Å². The molecule has 0 amide bonds. The van der Waals surface area contributed by atoms with Crippen LogP contribution in [0, 0.1) is 5.82 Å². The van der Waals surface area contributed by atoms with Gasteiger partial charge in [0.25, 0.3) is 0 Å². The van der Waals surface area contributed by atoms with Crippen LogP contribution in [0.4, 0.5) is 10.1 Å². The fourth-order valence-electron chi connectivity index (χ4n) is 2.03. The minimum Gasteiger partial charge on any atom is -0.389 e. The van der Waals surface area contributed by atoms with Gasteiger partial charge in [0.1, 0.15) is 10.8 Å². The van der Waals surface area contributed by atoms with Gasteiger partial charge in [-0.3, -0.25) is 0 Å². The van der Waals surface area contributed by atoms with Gasteiger partial charge < -0.3 is 10.6 Å². The number of halogens is 1. The van der Waals surface area contributed by atoms with Crippen LogP contribution >= 0.6 is 12.2 Å². The minimum atomic E-state index is -0.300. The Hall–Kier alpha value is -1.94. The highest BCUT2D eigenvalue weighted by molar-refractivity contribution is 7.80. The van der Waals surface area contributed by atoms with Gasteiger partial charge in [-0.15, -0.1) is 0 Å². The molecule has 0 unspecified atom stereocenters. The average molecular weight is 288 g/mol. The summed E-state index contributed by atoms with van der Waals surface area (Å²) < 4.78 is 14.0. The molecule has 0 bridgehead atoms. The summed E-state index contributed by atoms with van der Waals surface area (Å²) in [4.78, 5) is 2.11. The van der Waals surface area contributed by atoms with Crippen molar-refractivity contribution in [3.63, 3.8) is 0 Å². The highest BCUT2D eigenvalue weighted by Gasteiger charge is 2.09. The second-order valence-electron chi connectivity index (χ2n) is 4.69. The summed E-state index contributed by atoms with van der Waals surface area (Å²) in [5.74, 6) is -0.300. The Kier molecular flexibility index (Phi) is 4.69. The Morgan fingerprint density at radius 2 is 1.90 bits per heavy atom. The van der Waals surface area contributed by atoms with Gasteiger partial charge in [0.2, 0.25) is 0 Å². The van der Waals surface area contributed by atoms with Gasteiger partial charge in [-0.1, -0.05) is 42.5 Å². The van der Waals surface area contributed by atoms with E-state index in [4.69, 9.17) is 18.0 Å². The molecule has 2 rings (SSSR count). The number of hydrogen-bond acceptors (Lipinski definition) is 2. The first-order chi connectivity index (χ1) is 9.58. The van der Waals surface area contributed by atoms with Crippen LogP contribution in [-0.4, -0.2) is 18.6 Å². The molecule has 0 aliphatic carbocycles. The molecule has 2 aromatic rings. The lowest BCUT2D eigenvalue weighted by Crippen LogP contribution is -2.22. The summed E-state index contributed by atoms with van der Waals surface area (Å²) in [6.07, 6.45) is 0.869. The lowest BCUT2D eigenvalue weighted by atomic mass is 10.1. The molecule has 0 aliphatic rings. The number of nitrogens with zero attached hydrogens (tertiary/aromatic N) is 1. The molecule has 0 fully saturated rings. The molecule has 0 atom stereocenters. The second-order valence-corrected chi connectivity index (χ2v) is 5.13. The Balaban J connectivity index is 2.06. The van der Waals surface area contributed by atoms with Crippen molar-refractivity contribution in [2.75, 3.05) is 18.5 Å². The SMILES string of the molecule is CN(CCc1ccccc1)c1ccc(C(N)=S)cc1F. The maximum absolute atomic E-state index is 14.0. The molecule has 104 valence electrons. The molecule has 4 heteroatoms. The highest BCUT2D eigenvalue weighted by atomic mass is 32.1. The van der Waals surface area contributed by atoms with E-state index >= 15 is 0 Å². The summed E-state index contributed by atoms with van der Waals surface area (Å²) in [6, 6.07) is 15.0. The van der Waals surface area contributed by atoms with Crippen LogP contribution in [0.25, 0.3) is 0 Å². The molecule has 0 aromatic heterocycles. The Morgan fingerprint density at radius 1 is 1.20 bits per heavy atom. The fraction of sp³-hybridized carbons (Fsp3) is 0.188. The summed E-state index contributed by atoms with van der Waals surface area (Å²) in [6.45, 7) is 0.743. The van der Waals surface area contributed by atoms with E-state index in [1.165, 1.54) is 11.6 Å². The van der Waals surface area contributed by atoms with Crippen LogP contribution in [0.2, 0.25) is 0 Å². The third-order valence-electron chi connectivity index (χ3n) is 3.22. The monoisotopic (exact) mass is 288 g/mol. The lowest BCUT2D eigenvalue weighted by molar-refractivity contribution is 0.622. The average Bonchev–Trinajstić information content (AvgIpc) is 2.45. The van der Waals surface area contributed by atoms with Gasteiger partial charge in [-0.2, -0.15) is 0 Å². The first-order valence-corrected chi connectivity index (χ1v) is 6.83. The summed E-state index contributed by atoms with van der Waals surface area (Å²) in [7, 11) is 1.88. The van der Waals surface area contributed by atoms with Gasteiger partial charge in [-0.05, 0) is 30.2 Å². The van der Waals surface area contributed by atoms with E-state index in [-0.39, 0.29) is 10.8 Å². The molecule has 0 radical (unpaired) electrons. The third-order valence-corrected chi connectivity index (χ3v) is 3.46. The van der Waals surface area contributed by atoms with Gasteiger partial charge in [0.05, 0.1) is 5.69 Å². The quantitative estimate of drug-likeness (QED) is 0.857. The molecule has 2 nitrogen and oxygen atoms in total. The summed E-state index contributed by atoms with van der Waals surface area (Å²) >= 11 is 4.84. The summed E-state index contributed by atoms with van der Waals surface area (Å²) in [5.41, 5.74) is 7.84. The van der Waals surface area contributed by atoms with E-state index in [2.05, 4.69) is 12.1 Å². The number of thiocarbonyl (C=S) groups is 1. The molecule has 0 heterocycles. The molecule has 2 aromatic carbocycles. The standard InChI is InChI=1S/C16H17FN2S/c1-19(10-9-12-5-3-2-4-6-12)15-8-7-13(16(18)20)11-14(15)17/h2-8,11H,9-10H2,1H3,(H2,18,20). The van der Waals surface area contributed by atoms with E-state index in [1.807, 2.05) is 30.1 Å². The number of nitrogens with two attached hydrogens (primary N) is 1. The van der Waals surface area contributed by atoms with Crippen molar-refractivity contribution in [3.05, 3.63) is 65.5 Å². The molecule has 0 spiro atoms. The van der Waals surface area contributed by atoms with Crippen LogP contribution < -0.4 is 10.6 Å².